The summed E-state index contributed by atoms with van der Waals surface area (Å²) in [5.41, 5.74) is 3.54. The van der Waals surface area contributed by atoms with Crippen molar-refractivity contribution in [1.29, 1.82) is 0 Å². The molecule has 0 bridgehead atoms. The highest BCUT2D eigenvalue weighted by atomic mass is 16.5. The monoisotopic (exact) mass is 476 g/mol. The Kier molecular flexibility index (Phi) is 6.70. The summed E-state index contributed by atoms with van der Waals surface area (Å²) < 4.78 is 18.6. The van der Waals surface area contributed by atoms with Gasteiger partial charge >= 0.3 is 0 Å². The number of imidazole rings is 1. The predicted octanol–water partition coefficient (Wildman–Crippen LogP) is 4.53. The summed E-state index contributed by atoms with van der Waals surface area (Å²) >= 11 is 0. The zero-order valence-corrected chi connectivity index (χ0v) is 20.5. The molecule has 1 aliphatic rings. The maximum atomic E-state index is 5.87. The van der Waals surface area contributed by atoms with Crippen LogP contribution in [-0.4, -0.2) is 63.9 Å². The normalized spacial score (nSPS) is 14.9. The molecule has 0 atom stereocenters. The average Bonchev–Trinajstić information content (AvgIpc) is 3.50. The first-order valence-corrected chi connectivity index (χ1v) is 12.1. The van der Waals surface area contributed by atoms with Crippen LogP contribution in [0.4, 0.5) is 11.5 Å². The third kappa shape index (κ3) is 5.80. The molecule has 0 unspecified atom stereocenters. The highest BCUT2D eigenvalue weighted by Crippen LogP contribution is 2.27. The number of hydrogen-bond acceptors (Lipinski definition) is 8. The van der Waals surface area contributed by atoms with Crippen molar-refractivity contribution in [2.45, 2.75) is 32.6 Å². The van der Waals surface area contributed by atoms with Gasteiger partial charge in [0.2, 0.25) is 5.88 Å². The van der Waals surface area contributed by atoms with Crippen molar-refractivity contribution in [1.82, 2.24) is 24.4 Å². The Morgan fingerprint density at radius 3 is 2.63 bits per heavy atom. The molecule has 9 heteroatoms. The zero-order chi connectivity index (χ0) is 24.3. The molecule has 3 aromatic heterocycles. The van der Waals surface area contributed by atoms with Crippen LogP contribution in [0.5, 0.6) is 5.88 Å². The van der Waals surface area contributed by atoms with Crippen molar-refractivity contribution in [2.24, 2.45) is 0 Å². The van der Waals surface area contributed by atoms with E-state index in [-0.39, 0.29) is 5.41 Å². The van der Waals surface area contributed by atoms with Crippen molar-refractivity contribution in [3.8, 4) is 17.1 Å². The number of morpholine rings is 1. The molecule has 1 N–H and O–H groups in total. The standard InChI is InChI=1S/C26H32N6O3/c1-26(2,3)22-15-23(30-35-22)28-20-7-5-19(6-8-20)21-17-32-18-27-25(16-24(32)29-21)34-12-4-9-31-10-13-33-14-11-31/h5-8,15-18H,4,9-14H2,1-3H3,(H,28,30). The number of nitrogens with zero attached hydrogens (tertiary/aromatic N) is 5. The lowest BCUT2D eigenvalue weighted by atomic mass is 9.93. The quantitative estimate of drug-likeness (QED) is 0.371. The van der Waals surface area contributed by atoms with E-state index in [1.54, 1.807) is 6.33 Å². The number of benzene rings is 1. The summed E-state index contributed by atoms with van der Waals surface area (Å²) in [5, 5.41) is 7.41. The van der Waals surface area contributed by atoms with E-state index in [1.807, 2.05) is 47.0 Å². The van der Waals surface area contributed by atoms with Gasteiger partial charge in [-0.25, -0.2) is 9.97 Å². The van der Waals surface area contributed by atoms with E-state index in [0.29, 0.717) is 18.3 Å². The molecular formula is C26H32N6O3. The minimum atomic E-state index is -0.0808. The molecule has 35 heavy (non-hydrogen) atoms. The van der Waals surface area contributed by atoms with Crippen molar-refractivity contribution >= 4 is 17.2 Å². The largest absolute Gasteiger partial charge is 0.477 e. The van der Waals surface area contributed by atoms with Crippen LogP contribution < -0.4 is 10.1 Å². The topological polar surface area (TPSA) is 90.0 Å². The van der Waals surface area contributed by atoms with Gasteiger partial charge in [0, 0.05) is 54.6 Å². The van der Waals surface area contributed by atoms with Crippen molar-refractivity contribution < 1.29 is 14.0 Å². The Labute approximate surface area is 205 Å². The average molecular weight is 477 g/mol. The van der Waals surface area contributed by atoms with E-state index >= 15 is 0 Å². The fourth-order valence-corrected chi connectivity index (χ4v) is 3.94. The van der Waals surface area contributed by atoms with E-state index in [2.05, 4.69) is 41.1 Å². The maximum Gasteiger partial charge on any atom is 0.218 e. The van der Waals surface area contributed by atoms with E-state index in [1.165, 1.54) is 0 Å². The van der Waals surface area contributed by atoms with Crippen LogP contribution in [0.3, 0.4) is 0 Å². The molecule has 0 spiro atoms. The molecule has 0 saturated carbocycles. The molecule has 0 amide bonds. The van der Waals surface area contributed by atoms with Gasteiger partial charge in [-0.05, 0) is 18.6 Å². The van der Waals surface area contributed by atoms with Crippen molar-refractivity contribution in [3.63, 3.8) is 0 Å². The second kappa shape index (κ2) is 10.1. The first kappa shape index (κ1) is 23.3. The summed E-state index contributed by atoms with van der Waals surface area (Å²) in [4.78, 5) is 11.6. The third-order valence-corrected chi connectivity index (χ3v) is 6.00. The lowest BCUT2D eigenvalue weighted by Crippen LogP contribution is -2.37. The van der Waals surface area contributed by atoms with Gasteiger partial charge in [-0.3, -0.25) is 9.30 Å². The van der Waals surface area contributed by atoms with Crippen LogP contribution in [0.15, 0.2) is 53.4 Å². The molecule has 5 rings (SSSR count). The molecular weight excluding hydrogens is 444 g/mol. The second-order valence-corrected chi connectivity index (χ2v) is 9.80. The highest BCUT2D eigenvalue weighted by Gasteiger charge is 2.19. The molecule has 0 radical (unpaired) electrons. The van der Waals surface area contributed by atoms with Crippen LogP contribution in [0.25, 0.3) is 16.9 Å². The lowest BCUT2D eigenvalue weighted by molar-refractivity contribution is 0.0357. The van der Waals surface area contributed by atoms with Gasteiger partial charge in [-0.2, -0.15) is 0 Å². The fraction of sp³-hybridized carbons (Fsp3) is 0.423. The van der Waals surface area contributed by atoms with Crippen LogP contribution in [-0.2, 0) is 10.2 Å². The van der Waals surface area contributed by atoms with Gasteiger partial charge in [0.15, 0.2) is 5.82 Å². The van der Waals surface area contributed by atoms with Crippen LogP contribution in [0, 0.1) is 0 Å². The van der Waals surface area contributed by atoms with E-state index < -0.39 is 0 Å². The summed E-state index contributed by atoms with van der Waals surface area (Å²) in [6.45, 7) is 11.6. The smallest absolute Gasteiger partial charge is 0.218 e. The predicted molar refractivity (Wildman–Crippen MR) is 134 cm³/mol. The molecule has 9 nitrogen and oxygen atoms in total. The number of fused-ring (bicyclic) bond motifs is 1. The van der Waals surface area contributed by atoms with E-state index in [0.717, 1.165) is 67.6 Å². The summed E-state index contributed by atoms with van der Waals surface area (Å²) in [7, 11) is 0. The lowest BCUT2D eigenvalue weighted by Gasteiger charge is -2.26. The van der Waals surface area contributed by atoms with Crippen molar-refractivity contribution in [3.05, 3.63) is 54.7 Å². The summed E-state index contributed by atoms with van der Waals surface area (Å²) in [6.07, 6.45) is 4.68. The van der Waals surface area contributed by atoms with Crippen LogP contribution in [0.2, 0.25) is 0 Å². The molecule has 1 aliphatic heterocycles. The van der Waals surface area contributed by atoms with Crippen LogP contribution >= 0.6 is 0 Å². The van der Waals surface area contributed by atoms with E-state index in [4.69, 9.17) is 19.0 Å². The summed E-state index contributed by atoms with van der Waals surface area (Å²) in [6, 6.07) is 11.9. The summed E-state index contributed by atoms with van der Waals surface area (Å²) in [5.74, 6) is 2.13. The maximum absolute atomic E-state index is 5.87. The number of rotatable bonds is 8. The molecule has 184 valence electrons. The molecule has 1 fully saturated rings. The SMILES string of the molecule is CC(C)(C)c1cc(Nc2ccc(-c3cn4cnc(OCCCN5CCOCC5)cc4n3)cc2)no1. The van der Waals surface area contributed by atoms with Gasteiger partial charge < -0.3 is 19.3 Å². The Bertz CT molecular complexity index is 1250. The van der Waals surface area contributed by atoms with Gasteiger partial charge in [0.05, 0.1) is 25.5 Å². The third-order valence-electron chi connectivity index (χ3n) is 6.00. The van der Waals surface area contributed by atoms with Gasteiger partial charge in [0.25, 0.3) is 0 Å². The minimum Gasteiger partial charge on any atom is -0.477 e. The Morgan fingerprint density at radius 2 is 1.89 bits per heavy atom. The van der Waals surface area contributed by atoms with Crippen LogP contribution in [0.1, 0.15) is 33.0 Å². The molecule has 4 aromatic rings. The fourth-order valence-electron chi connectivity index (χ4n) is 3.94. The Hall–Kier alpha value is -3.43. The van der Waals surface area contributed by atoms with Gasteiger partial charge in [-0.15, -0.1) is 0 Å². The van der Waals surface area contributed by atoms with Crippen molar-refractivity contribution in [2.75, 3.05) is 44.8 Å². The molecule has 1 aromatic carbocycles. The molecule has 0 aliphatic carbocycles. The first-order valence-electron chi connectivity index (χ1n) is 12.1. The Morgan fingerprint density at radius 1 is 1.09 bits per heavy atom. The highest BCUT2D eigenvalue weighted by molar-refractivity contribution is 5.67. The number of nitrogens with one attached hydrogen (secondary N) is 1. The van der Waals surface area contributed by atoms with E-state index in [9.17, 15) is 0 Å². The number of ether oxygens (including phenoxy) is 2. The Balaban J connectivity index is 1.19. The van der Waals surface area contributed by atoms with Gasteiger partial charge in [0.1, 0.15) is 17.7 Å². The zero-order valence-electron chi connectivity index (χ0n) is 20.5. The number of anilines is 2. The second-order valence-electron chi connectivity index (χ2n) is 9.80. The van der Waals surface area contributed by atoms with Gasteiger partial charge in [-0.1, -0.05) is 38.1 Å². The number of aromatic nitrogens is 4. The minimum absolute atomic E-state index is 0.0808. The number of hydrogen-bond donors (Lipinski definition) is 1. The first-order chi connectivity index (χ1) is 16.9. The molecule has 1 saturated heterocycles. The molecule has 4 heterocycles.